The molecule has 0 fully saturated rings. The zero-order valence-electron chi connectivity index (χ0n) is 15.5. The van der Waals surface area contributed by atoms with Gasteiger partial charge < -0.3 is 9.47 Å². The van der Waals surface area contributed by atoms with Crippen molar-refractivity contribution in [2.24, 2.45) is 5.18 Å². The number of alkyl halides is 3. The van der Waals surface area contributed by atoms with Gasteiger partial charge in [0.2, 0.25) is 6.23 Å². The Hall–Kier alpha value is -2.63. The lowest BCUT2D eigenvalue weighted by atomic mass is 10.1. The van der Waals surface area contributed by atoms with Gasteiger partial charge in [0, 0.05) is 10.4 Å². The fraction of sp³-hybridized carbons (Fsp3) is 0.278. The standard InChI is InChI=1S/C18H14ClF3N2O5S/c1-9-5-12(29-15-4-3-11(6-14(15)19)18(20,21)22)7-13(16(9)24(26)27)17(23-25)28-8-10(2)30/h3-7,17H,8H2,1-2H3. The highest BCUT2D eigenvalue weighted by Gasteiger charge is 2.31. The summed E-state index contributed by atoms with van der Waals surface area (Å²) < 4.78 is 49.1. The number of ether oxygens (including phenoxy) is 2. The topological polar surface area (TPSA) is 91.0 Å². The molecule has 7 nitrogen and oxygen atoms in total. The molecule has 1 unspecified atom stereocenters. The van der Waals surface area contributed by atoms with Crippen LogP contribution in [0.1, 0.15) is 29.8 Å². The number of rotatable bonds is 8. The Morgan fingerprint density at radius 3 is 2.50 bits per heavy atom. The minimum absolute atomic E-state index is 0.00826. The Balaban J connectivity index is 2.47. The molecule has 2 aromatic rings. The molecule has 160 valence electrons. The van der Waals surface area contributed by atoms with Crippen LogP contribution in [-0.2, 0) is 10.9 Å². The fourth-order valence-electron chi connectivity index (χ4n) is 2.53. The molecule has 0 aromatic heterocycles. The SMILES string of the molecule is CC(=S)COC(N=O)c1cc(Oc2ccc(C(F)(F)F)cc2Cl)cc(C)c1[N+](=O)[O-]. The third kappa shape index (κ3) is 5.71. The second-order valence-electron chi connectivity index (χ2n) is 6.15. The van der Waals surface area contributed by atoms with Crippen LogP contribution in [0.3, 0.4) is 0 Å². The lowest BCUT2D eigenvalue weighted by Crippen LogP contribution is -2.10. The maximum Gasteiger partial charge on any atom is 0.416 e. The maximum absolute atomic E-state index is 12.8. The highest BCUT2D eigenvalue weighted by atomic mass is 35.5. The van der Waals surface area contributed by atoms with E-state index in [1.165, 1.54) is 13.0 Å². The second kappa shape index (κ2) is 9.45. The summed E-state index contributed by atoms with van der Waals surface area (Å²) in [5.41, 5.74) is -1.45. The number of nitro benzene ring substituents is 1. The minimum atomic E-state index is -4.58. The minimum Gasteiger partial charge on any atom is -0.456 e. The van der Waals surface area contributed by atoms with Crippen molar-refractivity contribution >= 4 is 34.4 Å². The van der Waals surface area contributed by atoms with E-state index in [0.29, 0.717) is 10.9 Å². The molecule has 30 heavy (non-hydrogen) atoms. The van der Waals surface area contributed by atoms with Gasteiger partial charge in [-0.3, -0.25) is 10.1 Å². The van der Waals surface area contributed by atoms with Gasteiger partial charge in [-0.1, -0.05) is 23.8 Å². The zero-order valence-corrected chi connectivity index (χ0v) is 17.1. The van der Waals surface area contributed by atoms with Crippen molar-refractivity contribution in [2.75, 3.05) is 6.61 Å². The van der Waals surface area contributed by atoms with Crippen molar-refractivity contribution in [1.29, 1.82) is 0 Å². The van der Waals surface area contributed by atoms with E-state index in [1.807, 2.05) is 0 Å². The molecule has 0 aliphatic heterocycles. The van der Waals surface area contributed by atoms with E-state index in [2.05, 4.69) is 5.18 Å². The van der Waals surface area contributed by atoms with Crippen molar-refractivity contribution in [3.8, 4) is 11.5 Å². The molecule has 0 N–H and O–H groups in total. The summed E-state index contributed by atoms with van der Waals surface area (Å²) in [5, 5.41) is 13.9. The van der Waals surface area contributed by atoms with Crippen molar-refractivity contribution in [3.05, 3.63) is 67.1 Å². The largest absolute Gasteiger partial charge is 0.456 e. The lowest BCUT2D eigenvalue weighted by molar-refractivity contribution is -0.386. The van der Waals surface area contributed by atoms with E-state index in [1.54, 1.807) is 6.92 Å². The van der Waals surface area contributed by atoms with Crippen LogP contribution in [-0.4, -0.2) is 16.4 Å². The molecule has 1 atom stereocenters. The van der Waals surface area contributed by atoms with Gasteiger partial charge in [0.05, 0.1) is 27.7 Å². The third-order valence-corrected chi connectivity index (χ3v) is 4.19. The van der Waals surface area contributed by atoms with Crippen LogP contribution in [0.2, 0.25) is 5.02 Å². The molecule has 0 bridgehead atoms. The molecule has 2 rings (SSSR count). The third-order valence-electron chi connectivity index (χ3n) is 3.78. The van der Waals surface area contributed by atoms with E-state index in [4.69, 9.17) is 33.3 Å². The van der Waals surface area contributed by atoms with E-state index < -0.39 is 28.6 Å². The van der Waals surface area contributed by atoms with E-state index in [9.17, 15) is 28.2 Å². The molecular weight excluding hydrogens is 449 g/mol. The first-order chi connectivity index (χ1) is 13.9. The Morgan fingerprint density at radius 1 is 1.33 bits per heavy atom. The van der Waals surface area contributed by atoms with Crippen LogP contribution in [0.25, 0.3) is 0 Å². The van der Waals surface area contributed by atoms with Crippen molar-refractivity contribution in [3.63, 3.8) is 0 Å². The number of hydrogen-bond donors (Lipinski definition) is 0. The molecule has 2 aromatic carbocycles. The Morgan fingerprint density at radius 2 is 2.00 bits per heavy atom. The van der Waals surface area contributed by atoms with Gasteiger partial charge >= 0.3 is 6.18 Å². The van der Waals surface area contributed by atoms with Gasteiger partial charge in [-0.25, -0.2) is 0 Å². The van der Waals surface area contributed by atoms with Crippen LogP contribution >= 0.6 is 23.8 Å². The van der Waals surface area contributed by atoms with E-state index in [0.717, 1.165) is 18.2 Å². The van der Waals surface area contributed by atoms with Gasteiger partial charge in [-0.05, 0) is 49.4 Å². The lowest BCUT2D eigenvalue weighted by Gasteiger charge is -2.15. The molecular formula is C18H14ClF3N2O5S. The van der Waals surface area contributed by atoms with E-state index >= 15 is 0 Å². The van der Waals surface area contributed by atoms with Gasteiger partial charge in [0.15, 0.2) is 0 Å². The summed E-state index contributed by atoms with van der Waals surface area (Å²) in [4.78, 5) is 22.4. The first-order valence-corrected chi connectivity index (χ1v) is 8.99. The monoisotopic (exact) mass is 462 g/mol. The summed E-state index contributed by atoms with van der Waals surface area (Å²) >= 11 is 10.7. The quantitative estimate of drug-likeness (QED) is 0.191. The van der Waals surface area contributed by atoms with Crippen LogP contribution in [0.5, 0.6) is 11.5 Å². The highest BCUT2D eigenvalue weighted by Crippen LogP contribution is 2.39. The molecule has 0 amide bonds. The van der Waals surface area contributed by atoms with Gasteiger partial charge in [-0.15, -0.1) is 4.91 Å². The van der Waals surface area contributed by atoms with Crippen LogP contribution in [0, 0.1) is 21.9 Å². The van der Waals surface area contributed by atoms with Crippen molar-refractivity contribution < 1.29 is 27.6 Å². The summed E-state index contributed by atoms with van der Waals surface area (Å²) in [6, 6.07) is 4.91. The average molecular weight is 463 g/mol. The Kier molecular flexibility index (Phi) is 7.45. The predicted octanol–water partition coefficient (Wildman–Crippen LogP) is 6.54. The first-order valence-electron chi connectivity index (χ1n) is 8.21. The number of hydrogen-bond acceptors (Lipinski definition) is 7. The van der Waals surface area contributed by atoms with Crippen LogP contribution in [0.4, 0.5) is 18.9 Å². The number of benzene rings is 2. The molecule has 0 spiro atoms. The Bertz CT molecular complexity index is 1000. The van der Waals surface area contributed by atoms with Crippen LogP contribution < -0.4 is 4.74 Å². The molecule has 0 saturated carbocycles. The summed E-state index contributed by atoms with van der Waals surface area (Å²) in [7, 11) is 0. The molecule has 0 saturated heterocycles. The number of nitrogens with zero attached hydrogens (tertiary/aromatic N) is 2. The first kappa shape index (κ1) is 23.6. The normalized spacial score (nSPS) is 12.3. The summed E-state index contributed by atoms with van der Waals surface area (Å²) in [6.45, 7) is 2.82. The molecule has 0 heterocycles. The van der Waals surface area contributed by atoms with Crippen molar-refractivity contribution in [2.45, 2.75) is 26.3 Å². The van der Waals surface area contributed by atoms with Gasteiger partial charge in [0.1, 0.15) is 11.5 Å². The number of nitro groups is 1. The fourth-order valence-corrected chi connectivity index (χ4v) is 2.82. The zero-order chi connectivity index (χ0) is 22.6. The average Bonchev–Trinajstić information content (AvgIpc) is 2.62. The molecule has 0 aliphatic carbocycles. The number of aryl methyl sites for hydroxylation is 1. The molecule has 0 aliphatic rings. The molecule has 0 radical (unpaired) electrons. The summed E-state index contributed by atoms with van der Waals surface area (Å²) in [6.07, 6.45) is -6.13. The second-order valence-corrected chi connectivity index (χ2v) is 7.26. The Labute approximate surface area is 178 Å². The number of halogens is 4. The van der Waals surface area contributed by atoms with Crippen molar-refractivity contribution in [1.82, 2.24) is 0 Å². The molecule has 12 heteroatoms. The number of nitroso groups, excluding NO2 is 1. The van der Waals surface area contributed by atoms with E-state index in [-0.39, 0.29) is 34.3 Å². The maximum atomic E-state index is 12.8. The highest BCUT2D eigenvalue weighted by molar-refractivity contribution is 7.80. The predicted molar refractivity (Wildman–Crippen MR) is 107 cm³/mol. The van der Waals surface area contributed by atoms with Gasteiger partial charge in [0.25, 0.3) is 5.69 Å². The number of thiocarbonyl (C=S) groups is 1. The van der Waals surface area contributed by atoms with Crippen LogP contribution in [0.15, 0.2) is 35.5 Å². The van der Waals surface area contributed by atoms with Gasteiger partial charge in [-0.2, -0.15) is 13.2 Å². The summed E-state index contributed by atoms with van der Waals surface area (Å²) in [5.74, 6) is -0.124. The smallest absolute Gasteiger partial charge is 0.416 e.